The third-order valence-corrected chi connectivity index (χ3v) is 3.69. The summed E-state index contributed by atoms with van der Waals surface area (Å²) in [6, 6.07) is 6.74. The van der Waals surface area contributed by atoms with E-state index >= 15 is 0 Å². The summed E-state index contributed by atoms with van der Waals surface area (Å²) in [6.07, 6.45) is 1.95. The Morgan fingerprint density at radius 3 is 2.68 bits per heavy atom. The van der Waals surface area contributed by atoms with Crippen molar-refractivity contribution in [2.45, 2.75) is 40.3 Å². The van der Waals surface area contributed by atoms with Gasteiger partial charge in [0, 0.05) is 28.3 Å². The third-order valence-electron chi connectivity index (χ3n) is 3.20. The first kappa shape index (κ1) is 14.3. The molecule has 0 aliphatic carbocycles. The van der Waals surface area contributed by atoms with E-state index in [4.69, 9.17) is 0 Å². The Kier molecular flexibility index (Phi) is 4.42. The van der Waals surface area contributed by atoms with Gasteiger partial charge in [0.25, 0.3) is 0 Å². The van der Waals surface area contributed by atoms with E-state index in [1.54, 1.807) is 0 Å². The number of benzene rings is 1. The lowest BCUT2D eigenvalue weighted by Crippen LogP contribution is -2.22. The number of nitrogens with one attached hydrogen (secondary N) is 1. The molecule has 0 saturated carbocycles. The minimum Gasteiger partial charge on any atom is -0.310 e. The SMILES string of the molecule is Cc1cc(Br)ccc1-n1ncc(CNC(C)C)c1C. The molecule has 0 amide bonds. The largest absolute Gasteiger partial charge is 0.310 e. The molecular weight excluding hydrogens is 302 g/mol. The lowest BCUT2D eigenvalue weighted by Gasteiger charge is -2.10. The molecule has 0 saturated heterocycles. The first-order chi connectivity index (χ1) is 8.99. The second-order valence-electron chi connectivity index (χ2n) is 5.13. The number of aryl methyl sites for hydroxylation is 1. The van der Waals surface area contributed by atoms with Gasteiger partial charge in [0.05, 0.1) is 11.9 Å². The van der Waals surface area contributed by atoms with Crippen LogP contribution in [0.25, 0.3) is 5.69 Å². The van der Waals surface area contributed by atoms with E-state index in [1.807, 2.05) is 10.9 Å². The number of hydrogen-bond donors (Lipinski definition) is 1. The van der Waals surface area contributed by atoms with Crippen molar-refractivity contribution in [3.05, 3.63) is 45.7 Å². The Morgan fingerprint density at radius 1 is 1.32 bits per heavy atom. The Balaban J connectivity index is 2.31. The summed E-state index contributed by atoms with van der Waals surface area (Å²) >= 11 is 3.49. The molecule has 0 fully saturated rings. The van der Waals surface area contributed by atoms with Gasteiger partial charge in [-0.1, -0.05) is 29.8 Å². The summed E-state index contributed by atoms with van der Waals surface area (Å²) in [7, 11) is 0. The first-order valence-corrected chi connectivity index (χ1v) is 7.31. The molecule has 2 rings (SSSR count). The molecule has 2 aromatic rings. The van der Waals surface area contributed by atoms with Crippen LogP contribution >= 0.6 is 15.9 Å². The van der Waals surface area contributed by atoms with Crippen LogP contribution in [0.4, 0.5) is 0 Å². The molecule has 1 aromatic heterocycles. The molecule has 0 radical (unpaired) electrons. The van der Waals surface area contributed by atoms with Crippen LogP contribution in [-0.2, 0) is 6.54 Å². The maximum atomic E-state index is 4.52. The molecule has 102 valence electrons. The fourth-order valence-electron chi connectivity index (χ4n) is 2.03. The van der Waals surface area contributed by atoms with Gasteiger partial charge in [-0.3, -0.25) is 0 Å². The quantitative estimate of drug-likeness (QED) is 0.929. The molecule has 1 N–H and O–H groups in total. The second kappa shape index (κ2) is 5.88. The van der Waals surface area contributed by atoms with Crippen molar-refractivity contribution in [2.24, 2.45) is 0 Å². The molecule has 0 atom stereocenters. The highest BCUT2D eigenvalue weighted by molar-refractivity contribution is 9.10. The summed E-state index contributed by atoms with van der Waals surface area (Å²) in [6.45, 7) is 9.38. The van der Waals surface area contributed by atoms with Crippen molar-refractivity contribution in [1.82, 2.24) is 15.1 Å². The van der Waals surface area contributed by atoms with Gasteiger partial charge in [0.2, 0.25) is 0 Å². The predicted octanol–water partition coefficient (Wildman–Crippen LogP) is 3.75. The Hall–Kier alpha value is -1.13. The summed E-state index contributed by atoms with van der Waals surface area (Å²) in [5, 5.41) is 7.95. The van der Waals surface area contributed by atoms with Crippen LogP contribution in [-0.4, -0.2) is 15.8 Å². The highest BCUT2D eigenvalue weighted by atomic mass is 79.9. The zero-order valence-corrected chi connectivity index (χ0v) is 13.5. The van der Waals surface area contributed by atoms with Crippen LogP contribution in [0.2, 0.25) is 0 Å². The zero-order chi connectivity index (χ0) is 14.0. The van der Waals surface area contributed by atoms with Crippen molar-refractivity contribution in [3.63, 3.8) is 0 Å². The van der Waals surface area contributed by atoms with Crippen LogP contribution in [0.5, 0.6) is 0 Å². The van der Waals surface area contributed by atoms with E-state index in [0.29, 0.717) is 6.04 Å². The average Bonchev–Trinajstić information content (AvgIpc) is 2.68. The maximum absolute atomic E-state index is 4.52. The minimum absolute atomic E-state index is 0.483. The molecular formula is C15H20BrN3. The predicted molar refractivity (Wildman–Crippen MR) is 82.7 cm³/mol. The van der Waals surface area contributed by atoms with Crippen LogP contribution in [0.3, 0.4) is 0 Å². The summed E-state index contributed by atoms with van der Waals surface area (Å²) in [5.41, 5.74) is 4.79. The van der Waals surface area contributed by atoms with E-state index in [1.165, 1.54) is 16.8 Å². The van der Waals surface area contributed by atoms with E-state index in [0.717, 1.165) is 16.7 Å². The topological polar surface area (TPSA) is 29.9 Å². The molecule has 19 heavy (non-hydrogen) atoms. The first-order valence-electron chi connectivity index (χ1n) is 6.52. The van der Waals surface area contributed by atoms with E-state index < -0.39 is 0 Å². The Bertz CT molecular complexity index is 573. The van der Waals surface area contributed by atoms with Crippen molar-refractivity contribution < 1.29 is 0 Å². The fraction of sp³-hybridized carbons (Fsp3) is 0.400. The van der Waals surface area contributed by atoms with Crippen LogP contribution in [0.15, 0.2) is 28.9 Å². The van der Waals surface area contributed by atoms with Gasteiger partial charge in [-0.05, 0) is 37.6 Å². The van der Waals surface area contributed by atoms with Crippen LogP contribution in [0.1, 0.15) is 30.7 Å². The highest BCUT2D eigenvalue weighted by Gasteiger charge is 2.10. The number of aromatic nitrogens is 2. The monoisotopic (exact) mass is 321 g/mol. The lowest BCUT2D eigenvalue weighted by atomic mass is 10.2. The van der Waals surface area contributed by atoms with Gasteiger partial charge in [0.15, 0.2) is 0 Å². The molecule has 0 unspecified atom stereocenters. The summed E-state index contributed by atoms with van der Waals surface area (Å²) < 4.78 is 3.11. The van der Waals surface area contributed by atoms with Crippen LogP contribution < -0.4 is 5.32 Å². The van der Waals surface area contributed by atoms with E-state index in [2.05, 4.69) is 72.2 Å². The average molecular weight is 322 g/mol. The Labute approximate surface area is 123 Å². The number of hydrogen-bond acceptors (Lipinski definition) is 2. The summed E-state index contributed by atoms with van der Waals surface area (Å²) in [4.78, 5) is 0. The zero-order valence-electron chi connectivity index (χ0n) is 11.9. The molecule has 1 heterocycles. The third kappa shape index (κ3) is 3.25. The van der Waals surface area contributed by atoms with Crippen molar-refractivity contribution in [1.29, 1.82) is 0 Å². The van der Waals surface area contributed by atoms with Gasteiger partial charge >= 0.3 is 0 Å². The van der Waals surface area contributed by atoms with Gasteiger partial charge < -0.3 is 5.32 Å². The van der Waals surface area contributed by atoms with E-state index in [-0.39, 0.29) is 0 Å². The molecule has 3 nitrogen and oxygen atoms in total. The van der Waals surface area contributed by atoms with Crippen molar-refractivity contribution in [2.75, 3.05) is 0 Å². The molecule has 4 heteroatoms. The highest BCUT2D eigenvalue weighted by Crippen LogP contribution is 2.21. The normalized spacial score (nSPS) is 11.3. The summed E-state index contributed by atoms with van der Waals surface area (Å²) in [5.74, 6) is 0. The molecule has 0 aliphatic rings. The molecule has 0 aliphatic heterocycles. The van der Waals surface area contributed by atoms with Gasteiger partial charge in [0.1, 0.15) is 0 Å². The van der Waals surface area contributed by atoms with Gasteiger partial charge in [-0.25, -0.2) is 4.68 Å². The smallest absolute Gasteiger partial charge is 0.0678 e. The maximum Gasteiger partial charge on any atom is 0.0678 e. The standard InChI is InChI=1S/C15H20BrN3/c1-10(2)17-8-13-9-18-19(12(13)4)15-6-5-14(16)7-11(15)3/h5-7,9-10,17H,8H2,1-4H3. The molecule has 0 spiro atoms. The minimum atomic E-state index is 0.483. The van der Waals surface area contributed by atoms with E-state index in [9.17, 15) is 0 Å². The van der Waals surface area contributed by atoms with Crippen molar-refractivity contribution in [3.8, 4) is 5.69 Å². The fourth-order valence-corrected chi connectivity index (χ4v) is 2.51. The Morgan fingerprint density at radius 2 is 2.05 bits per heavy atom. The number of rotatable bonds is 4. The van der Waals surface area contributed by atoms with Crippen molar-refractivity contribution >= 4 is 15.9 Å². The molecule has 0 bridgehead atoms. The van der Waals surface area contributed by atoms with Gasteiger partial charge in [-0.15, -0.1) is 0 Å². The number of halogens is 1. The number of nitrogens with zero attached hydrogens (tertiary/aromatic N) is 2. The second-order valence-corrected chi connectivity index (χ2v) is 6.05. The van der Waals surface area contributed by atoms with Gasteiger partial charge in [-0.2, -0.15) is 5.10 Å². The lowest BCUT2D eigenvalue weighted by molar-refractivity contribution is 0.587. The molecule has 1 aromatic carbocycles. The van der Waals surface area contributed by atoms with Crippen LogP contribution in [0, 0.1) is 13.8 Å².